The molecule has 1 aromatic rings. The van der Waals surface area contributed by atoms with Gasteiger partial charge in [0.2, 0.25) is 0 Å². The maximum absolute atomic E-state index is 11.5. The van der Waals surface area contributed by atoms with Gasteiger partial charge in [-0.15, -0.1) is 0 Å². The zero-order valence-electron chi connectivity index (χ0n) is 10.1. The van der Waals surface area contributed by atoms with E-state index in [4.69, 9.17) is 10.5 Å². The lowest BCUT2D eigenvalue weighted by atomic mass is 10.2. The molecule has 1 aromatic carbocycles. The van der Waals surface area contributed by atoms with E-state index in [-0.39, 0.29) is 0 Å². The number of carbonyl (C=O) groups is 1. The van der Waals surface area contributed by atoms with Crippen molar-refractivity contribution in [1.29, 1.82) is 0 Å². The molecule has 1 amide bonds. The molecule has 3 N–H and O–H groups in total. The second-order valence-electron chi connectivity index (χ2n) is 4.76. The molecule has 16 heavy (non-hydrogen) atoms. The van der Waals surface area contributed by atoms with Gasteiger partial charge in [-0.2, -0.15) is 0 Å². The molecule has 0 aromatic heterocycles. The summed E-state index contributed by atoms with van der Waals surface area (Å²) >= 11 is 0. The molecule has 0 aliphatic heterocycles. The normalized spacial score (nSPS) is 11.0. The fraction of sp³-hybridized carbons (Fsp3) is 0.417. The van der Waals surface area contributed by atoms with Crippen molar-refractivity contribution < 1.29 is 9.53 Å². The molecule has 4 heteroatoms. The van der Waals surface area contributed by atoms with Gasteiger partial charge in [0.25, 0.3) is 0 Å². The predicted molar refractivity (Wildman–Crippen MR) is 65.4 cm³/mol. The quantitative estimate of drug-likeness (QED) is 0.718. The van der Waals surface area contributed by atoms with Gasteiger partial charge < -0.3 is 10.5 Å². The largest absolute Gasteiger partial charge is 0.444 e. The fourth-order valence-electron chi connectivity index (χ4n) is 1.31. The number of benzene rings is 1. The Balaban J connectivity index is 2.70. The number of nitrogen functional groups attached to an aromatic ring is 1. The Morgan fingerprint density at radius 1 is 1.31 bits per heavy atom. The lowest BCUT2D eigenvalue weighted by molar-refractivity contribution is 0.0636. The van der Waals surface area contributed by atoms with E-state index in [2.05, 4.69) is 5.32 Å². The van der Waals surface area contributed by atoms with Crippen molar-refractivity contribution in [3.05, 3.63) is 23.8 Å². The maximum atomic E-state index is 11.5. The summed E-state index contributed by atoms with van der Waals surface area (Å²) < 4.78 is 5.13. The first-order valence-corrected chi connectivity index (χ1v) is 5.13. The highest BCUT2D eigenvalue weighted by Gasteiger charge is 2.16. The van der Waals surface area contributed by atoms with Gasteiger partial charge >= 0.3 is 6.09 Å². The summed E-state index contributed by atoms with van der Waals surface area (Å²) in [5.41, 5.74) is 7.42. The van der Waals surface area contributed by atoms with Crippen LogP contribution in [0.4, 0.5) is 16.2 Å². The van der Waals surface area contributed by atoms with Crippen molar-refractivity contribution in [2.24, 2.45) is 0 Å². The molecule has 0 aliphatic carbocycles. The summed E-state index contributed by atoms with van der Waals surface area (Å²) in [6.45, 7) is 7.36. The van der Waals surface area contributed by atoms with Crippen LogP contribution in [0.3, 0.4) is 0 Å². The molecule has 0 atom stereocenters. The van der Waals surface area contributed by atoms with Crippen LogP contribution < -0.4 is 11.1 Å². The van der Waals surface area contributed by atoms with E-state index < -0.39 is 11.7 Å². The molecule has 0 heterocycles. The van der Waals surface area contributed by atoms with Gasteiger partial charge in [-0.3, -0.25) is 5.32 Å². The first-order valence-electron chi connectivity index (χ1n) is 5.13. The average molecular weight is 222 g/mol. The molecule has 0 aliphatic rings. The third-order valence-corrected chi connectivity index (χ3v) is 1.74. The standard InChI is InChI=1S/C12H18N2O2/c1-8-5-9(13)7-10(6-8)14-11(15)16-12(2,3)4/h5-7H,13H2,1-4H3,(H,14,15). The number of aryl methyl sites for hydroxylation is 1. The molecule has 0 bridgehead atoms. The van der Waals surface area contributed by atoms with Gasteiger partial charge in [0.05, 0.1) is 0 Å². The Labute approximate surface area is 95.8 Å². The number of amides is 1. The summed E-state index contributed by atoms with van der Waals surface area (Å²) in [5.74, 6) is 0. The van der Waals surface area contributed by atoms with E-state index in [1.165, 1.54) is 0 Å². The van der Waals surface area contributed by atoms with Crippen molar-refractivity contribution in [3.8, 4) is 0 Å². The van der Waals surface area contributed by atoms with Crippen molar-refractivity contribution >= 4 is 17.5 Å². The Morgan fingerprint density at radius 3 is 2.44 bits per heavy atom. The Morgan fingerprint density at radius 2 is 1.94 bits per heavy atom. The lowest BCUT2D eigenvalue weighted by Crippen LogP contribution is -2.27. The number of rotatable bonds is 1. The second kappa shape index (κ2) is 4.43. The number of anilines is 2. The van der Waals surface area contributed by atoms with Crippen LogP contribution in [-0.4, -0.2) is 11.7 Å². The van der Waals surface area contributed by atoms with Crippen molar-refractivity contribution in [2.75, 3.05) is 11.1 Å². The highest BCUT2D eigenvalue weighted by molar-refractivity contribution is 5.85. The second-order valence-corrected chi connectivity index (χ2v) is 4.76. The zero-order chi connectivity index (χ0) is 12.3. The molecule has 4 nitrogen and oxygen atoms in total. The van der Waals surface area contributed by atoms with Crippen LogP contribution in [0.1, 0.15) is 26.3 Å². The number of nitrogens with one attached hydrogen (secondary N) is 1. The summed E-state index contributed by atoms with van der Waals surface area (Å²) in [7, 11) is 0. The minimum absolute atomic E-state index is 0.475. The Hall–Kier alpha value is -1.71. The van der Waals surface area contributed by atoms with Gasteiger partial charge in [0, 0.05) is 11.4 Å². The third kappa shape index (κ3) is 4.21. The summed E-state index contributed by atoms with van der Waals surface area (Å²) in [4.78, 5) is 11.5. The third-order valence-electron chi connectivity index (χ3n) is 1.74. The van der Waals surface area contributed by atoms with E-state index in [0.29, 0.717) is 11.4 Å². The number of carbonyl (C=O) groups excluding carboxylic acids is 1. The van der Waals surface area contributed by atoms with Crippen LogP contribution in [0.5, 0.6) is 0 Å². The first-order chi connectivity index (χ1) is 7.26. The minimum atomic E-state index is -0.501. The SMILES string of the molecule is Cc1cc(N)cc(NC(=O)OC(C)(C)C)c1. The summed E-state index contributed by atoms with van der Waals surface area (Å²) in [6, 6.07) is 5.36. The molecule has 0 radical (unpaired) electrons. The van der Waals surface area contributed by atoms with Gasteiger partial charge in [-0.1, -0.05) is 0 Å². The Bertz CT molecular complexity index is 374. The fourth-order valence-corrected chi connectivity index (χ4v) is 1.31. The summed E-state index contributed by atoms with van der Waals surface area (Å²) in [5, 5.41) is 2.64. The van der Waals surface area contributed by atoms with Crippen molar-refractivity contribution in [3.63, 3.8) is 0 Å². The summed E-state index contributed by atoms with van der Waals surface area (Å²) in [6.07, 6.45) is -0.475. The molecular formula is C12H18N2O2. The maximum Gasteiger partial charge on any atom is 0.412 e. The van der Waals surface area contributed by atoms with Crippen molar-refractivity contribution in [1.82, 2.24) is 0 Å². The number of hydrogen-bond donors (Lipinski definition) is 2. The number of nitrogens with two attached hydrogens (primary N) is 1. The number of ether oxygens (including phenoxy) is 1. The topological polar surface area (TPSA) is 64.3 Å². The van der Waals surface area contributed by atoms with Crippen molar-refractivity contribution in [2.45, 2.75) is 33.3 Å². The zero-order valence-corrected chi connectivity index (χ0v) is 10.1. The smallest absolute Gasteiger partial charge is 0.412 e. The molecule has 0 saturated heterocycles. The first kappa shape index (κ1) is 12.4. The van der Waals surface area contributed by atoms with E-state index in [1.807, 2.05) is 39.8 Å². The van der Waals surface area contributed by atoms with Gasteiger partial charge in [0.1, 0.15) is 5.60 Å². The van der Waals surface area contributed by atoms with Crippen LogP contribution >= 0.6 is 0 Å². The highest BCUT2D eigenvalue weighted by Crippen LogP contribution is 2.17. The van der Waals surface area contributed by atoms with E-state index in [1.54, 1.807) is 6.07 Å². The van der Waals surface area contributed by atoms with Crippen LogP contribution in [0.15, 0.2) is 18.2 Å². The van der Waals surface area contributed by atoms with Crippen LogP contribution in [0, 0.1) is 6.92 Å². The van der Waals surface area contributed by atoms with E-state index in [0.717, 1.165) is 5.56 Å². The number of hydrogen-bond acceptors (Lipinski definition) is 3. The van der Waals surface area contributed by atoms with E-state index >= 15 is 0 Å². The Kier molecular flexibility index (Phi) is 3.42. The monoisotopic (exact) mass is 222 g/mol. The van der Waals surface area contributed by atoms with Crippen LogP contribution in [0.2, 0.25) is 0 Å². The molecule has 0 fully saturated rings. The highest BCUT2D eigenvalue weighted by atomic mass is 16.6. The minimum Gasteiger partial charge on any atom is -0.444 e. The van der Waals surface area contributed by atoms with E-state index in [9.17, 15) is 4.79 Å². The van der Waals surface area contributed by atoms with Gasteiger partial charge in [0.15, 0.2) is 0 Å². The molecular weight excluding hydrogens is 204 g/mol. The van der Waals surface area contributed by atoms with Gasteiger partial charge in [-0.05, 0) is 51.5 Å². The molecule has 0 saturated carbocycles. The van der Waals surface area contributed by atoms with Crippen LogP contribution in [0.25, 0.3) is 0 Å². The molecule has 88 valence electrons. The van der Waals surface area contributed by atoms with Crippen LogP contribution in [-0.2, 0) is 4.74 Å². The molecule has 1 rings (SSSR count). The lowest BCUT2D eigenvalue weighted by Gasteiger charge is -2.19. The molecule has 0 spiro atoms. The average Bonchev–Trinajstić information content (AvgIpc) is 1.96. The van der Waals surface area contributed by atoms with Gasteiger partial charge in [-0.25, -0.2) is 4.79 Å². The molecule has 0 unspecified atom stereocenters. The predicted octanol–water partition coefficient (Wildman–Crippen LogP) is 2.92.